The first-order chi connectivity index (χ1) is 22.7. The molecule has 0 N–H and O–H groups in total. The lowest BCUT2D eigenvalue weighted by molar-refractivity contribution is -0.145. The fourth-order valence-electron chi connectivity index (χ4n) is 5.54. The number of hydrogen-bond acceptors (Lipinski definition) is 8. The van der Waals surface area contributed by atoms with Crippen LogP contribution in [0, 0.1) is 0 Å². The maximum Gasteiger partial charge on any atom is 0.321 e. The van der Waals surface area contributed by atoms with Crippen molar-refractivity contribution in [2.45, 2.75) is 69.3 Å². The highest BCUT2D eigenvalue weighted by Gasteiger charge is 2.37. The van der Waals surface area contributed by atoms with E-state index in [2.05, 4.69) is 89.0 Å². The van der Waals surface area contributed by atoms with Crippen LogP contribution in [0.3, 0.4) is 0 Å². The van der Waals surface area contributed by atoms with Gasteiger partial charge in [-0.2, -0.15) is 0 Å². The van der Waals surface area contributed by atoms with Gasteiger partial charge in [0.15, 0.2) is 15.6 Å². The van der Waals surface area contributed by atoms with E-state index in [-0.39, 0.29) is 60.2 Å². The molecule has 0 aromatic rings. The van der Waals surface area contributed by atoms with Gasteiger partial charge in [-0.1, -0.05) is 33.5 Å². The predicted molar refractivity (Wildman–Crippen MR) is 253 cm³/mol. The van der Waals surface area contributed by atoms with Gasteiger partial charge < -0.3 is 18.9 Å². The van der Waals surface area contributed by atoms with Gasteiger partial charge in [0.25, 0.3) is 0 Å². The molecule has 3 rings (SSSR count). The van der Waals surface area contributed by atoms with Crippen LogP contribution in [0.5, 0.6) is 0 Å². The molecule has 8 nitrogen and oxygen atoms in total. The van der Waals surface area contributed by atoms with Gasteiger partial charge in [0, 0.05) is 31.6 Å². The molecule has 0 radical (unpaired) electrons. The van der Waals surface area contributed by atoms with E-state index in [4.69, 9.17) is 18.9 Å². The monoisotopic (exact) mass is 965 g/mol. The Hall–Kier alpha value is 4.77. The third kappa shape index (κ3) is 17.1. The van der Waals surface area contributed by atoms with E-state index in [0.717, 1.165) is 64.2 Å². The molecule has 3 aliphatic rings. The molecule has 278 valence electrons. The summed E-state index contributed by atoms with van der Waals surface area (Å²) in [7, 11) is 25.4. The van der Waals surface area contributed by atoms with E-state index in [1.54, 1.807) is 14.2 Å². The number of rotatable bonds is 17. The number of methoxy groups -OCH3 is 2. The van der Waals surface area contributed by atoms with Crippen molar-refractivity contribution in [2.24, 2.45) is 0 Å². The highest BCUT2D eigenvalue weighted by Crippen LogP contribution is 3.22. The van der Waals surface area contributed by atoms with Gasteiger partial charge in [-0.3, -0.25) is 9.69 Å². The topological polar surface area (TPSA) is 91.4 Å². The maximum absolute atomic E-state index is 12.0. The molecule has 1 heterocycles. The van der Waals surface area contributed by atoms with Gasteiger partial charge in [0.05, 0.1) is 19.8 Å². The third-order valence-corrected chi connectivity index (χ3v) is 97.3. The largest absolute Gasteiger partial charge is 0.498 e. The van der Waals surface area contributed by atoms with Crippen LogP contribution in [0.4, 0.5) is 0 Å². The Morgan fingerprint density at radius 1 is 1.04 bits per heavy atom. The zero-order valence-electron chi connectivity index (χ0n) is 27.5. The van der Waals surface area contributed by atoms with Crippen molar-refractivity contribution in [1.29, 1.82) is 0 Å². The zero-order chi connectivity index (χ0) is 36.0. The normalized spacial score (nSPS) is 25.2. The van der Waals surface area contributed by atoms with E-state index in [1.165, 1.54) is 5.57 Å². The Labute approximate surface area is 316 Å². The summed E-state index contributed by atoms with van der Waals surface area (Å²) < 4.78 is 45.8. The Bertz CT molecular complexity index is 1170. The summed E-state index contributed by atoms with van der Waals surface area (Å²) >= 11 is 0. The average Bonchev–Trinajstić information content (AvgIpc) is 3.50. The minimum atomic E-state index is -3.60. The standard InChI is InChI=1S/C24H37NO7S.H17P15/c1-4-33(27,28)17-24(26)32-19-11-13-25(16-19)20-7-5-6-8-21(20)31-14-12-18-9-10-22(29-2)23(15-18)30-3;1-9-13(8)15(12(6)7)14(10(2)3)11(4)5/h4,9,15,19-22H,1,5-8,10-14,16-17H2,2-3H3;9H,1-8H2/t19-,20-,21-,22?;/m1./s1. The van der Waals surface area contributed by atoms with Crippen molar-refractivity contribution in [3.05, 3.63) is 35.5 Å². The van der Waals surface area contributed by atoms with Crippen molar-refractivity contribution in [1.82, 2.24) is 4.90 Å². The van der Waals surface area contributed by atoms with Crippen LogP contribution in [0.2, 0.25) is 0 Å². The Morgan fingerprint density at radius 2 is 1.69 bits per heavy atom. The lowest BCUT2D eigenvalue weighted by Crippen LogP contribution is -2.46. The quantitative estimate of drug-likeness (QED) is 0.105. The zero-order valence-corrected chi connectivity index (χ0v) is 44.0. The molecule has 24 heteroatoms. The highest BCUT2D eigenvalue weighted by molar-refractivity contribution is 9.28. The van der Waals surface area contributed by atoms with Gasteiger partial charge in [-0.05, 0) is 85.7 Å². The molecular weight excluding hydrogens is 911 g/mol. The van der Waals surface area contributed by atoms with Crippen LogP contribution in [-0.2, 0) is 33.6 Å². The number of carbonyl (C=O) groups is 1. The van der Waals surface area contributed by atoms with Crippen molar-refractivity contribution < 1.29 is 32.2 Å². The number of sulfone groups is 1. The smallest absolute Gasteiger partial charge is 0.321 e. The molecule has 0 amide bonds. The number of likely N-dealkylation sites (tertiary alicyclic amines) is 1. The molecule has 48 heavy (non-hydrogen) atoms. The summed E-state index contributed by atoms with van der Waals surface area (Å²) in [6.45, 7) is 6.20. The summed E-state index contributed by atoms with van der Waals surface area (Å²) in [6.07, 6.45) is 10.8. The summed E-state index contributed by atoms with van der Waals surface area (Å²) in [6, 6.07) is 0.294. The third-order valence-electron chi connectivity index (χ3n) is 7.77. The average molecular weight is 965 g/mol. The lowest BCUT2D eigenvalue weighted by atomic mass is 9.91. The second-order valence-corrected chi connectivity index (χ2v) is 68.9. The number of hydrogen-bond donors (Lipinski definition) is 0. The fourth-order valence-corrected chi connectivity index (χ4v) is 162. The van der Waals surface area contributed by atoms with Gasteiger partial charge in [0.1, 0.15) is 18.0 Å². The number of carbonyl (C=O) groups excluding carboxylic acids is 1. The maximum atomic E-state index is 12.0. The summed E-state index contributed by atoms with van der Waals surface area (Å²) in [5.41, 5.74) is 1.20. The number of esters is 1. The van der Waals surface area contributed by atoms with Crippen molar-refractivity contribution in [3.8, 4) is 0 Å². The number of nitrogens with zero attached hydrogens (tertiary/aromatic N) is 1. The Balaban J connectivity index is 0.000000450. The van der Waals surface area contributed by atoms with Crippen molar-refractivity contribution in [2.75, 3.05) is 39.7 Å². The molecule has 0 aromatic heterocycles. The van der Waals surface area contributed by atoms with Crippen LogP contribution in [0.25, 0.3) is 0 Å². The molecule has 2 aliphatic carbocycles. The van der Waals surface area contributed by atoms with E-state index in [1.807, 2.05) is 6.08 Å². The Morgan fingerprint density at radius 3 is 2.25 bits per heavy atom. The van der Waals surface area contributed by atoms with Gasteiger partial charge in [0.2, 0.25) is 0 Å². The van der Waals surface area contributed by atoms with E-state index in [9.17, 15) is 13.2 Å². The first-order valence-corrected chi connectivity index (χ1v) is 43.3. The van der Waals surface area contributed by atoms with Crippen LogP contribution in [-0.4, -0.2) is 83.3 Å². The molecule has 0 spiro atoms. The van der Waals surface area contributed by atoms with Gasteiger partial charge >= 0.3 is 5.97 Å². The fraction of sp³-hybridized carbons (Fsp3) is 0.708. The number of ether oxygens (including phenoxy) is 4. The van der Waals surface area contributed by atoms with Crippen molar-refractivity contribution >= 4 is 137 Å². The van der Waals surface area contributed by atoms with Crippen LogP contribution in [0.1, 0.15) is 44.9 Å². The first kappa shape index (κ1) is 48.9. The highest BCUT2D eigenvalue weighted by atomic mass is 33.3. The molecule has 1 aliphatic heterocycles. The minimum Gasteiger partial charge on any atom is -0.498 e. The molecule has 0 bridgehead atoms. The summed E-state index contributed by atoms with van der Waals surface area (Å²) in [5, 5.41) is 0.796. The second-order valence-electron chi connectivity index (χ2n) is 11.0. The molecule has 0 aromatic carbocycles. The van der Waals surface area contributed by atoms with Crippen molar-refractivity contribution in [3.63, 3.8) is 0 Å². The summed E-state index contributed by atoms with van der Waals surface area (Å²) in [4.78, 5) is 14.3. The molecule has 1 saturated heterocycles. The molecule has 12 unspecified atom stereocenters. The SMILES string of the molecule is C=CS(=O)(=O)CC(=O)O[C@@H]1CCN([C@@H]2CCCC[C@H]2OCCC2=CCC(OC)C(OC)=C2)C1.PPP(P)P(P(P)P)P(P(P)P)P(P)P. The Kier molecular flexibility index (Phi) is 26.4. The minimum absolute atomic E-state index is 0.0171. The van der Waals surface area contributed by atoms with Crippen LogP contribution >= 0.6 is 121 Å². The first-order valence-electron chi connectivity index (χ1n) is 15.0. The molecular formula is C24H54NO7P15S. The molecule has 1 saturated carbocycles. The molecule has 2 fully saturated rings. The molecule has 15 atom stereocenters. The van der Waals surface area contributed by atoms with E-state index in [0.29, 0.717) is 25.6 Å². The van der Waals surface area contributed by atoms with E-state index < -0.39 is 21.6 Å². The van der Waals surface area contributed by atoms with Gasteiger partial charge in [-0.15, -0.1) is 71.4 Å². The predicted octanol–water partition coefficient (Wildman–Crippen LogP) is 11.1. The number of allylic oxidation sites excluding steroid dienone is 1. The lowest BCUT2D eigenvalue weighted by Gasteiger charge is -2.38. The van der Waals surface area contributed by atoms with Gasteiger partial charge in [-0.25, -0.2) is 8.42 Å². The van der Waals surface area contributed by atoms with E-state index >= 15 is 0 Å². The van der Waals surface area contributed by atoms with Crippen LogP contribution in [0.15, 0.2) is 35.5 Å². The van der Waals surface area contributed by atoms with Crippen LogP contribution < -0.4 is 0 Å². The second kappa shape index (κ2) is 25.9. The summed E-state index contributed by atoms with van der Waals surface area (Å²) in [5.74, 6) is -0.509.